The SMILES string of the molecule is C/C=C/[C@H](O)C(C)(C)[C@@H]1C/C=C\[C@H]2C[C@H]2/C=C/C=C\c2nc(cs2)C(=O)O[C@H](C(C)(C)[C@@H](O)CCC)C/C=C\[C@H]2C[C@H]2/C=C/C=C\c2nc(cs2)C(=O)O1. The summed E-state index contributed by atoms with van der Waals surface area (Å²) in [5.41, 5.74) is -0.865. The van der Waals surface area contributed by atoms with Gasteiger partial charge in [-0.05, 0) is 62.0 Å². The molecular formula is C44H56N2O6S2. The molecule has 2 aromatic rings. The number of cyclic esters (lactones) is 2. The zero-order chi connectivity index (χ0) is 38.9. The monoisotopic (exact) mass is 772 g/mol. The van der Waals surface area contributed by atoms with Crippen LogP contribution in [-0.4, -0.2) is 56.5 Å². The Hall–Kier alpha value is -3.70. The molecule has 2 saturated carbocycles. The van der Waals surface area contributed by atoms with E-state index in [4.69, 9.17) is 9.47 Å². The lowest BCUT2D eigenvalue weighted by Gasteiger charge is -2.37. The van der Waals surface area contributed by atoms with E-state index in [2.05, 4.69) is 46.4 Å². The minimum Gasteiger partial charge on any atom is -0.457 e. The molecule has 10 heteroatoms. The third-order valence-electron chi connectivity index (χ3n) is 10.8. The Morgan fingerprint density at radius 3 is 1.69 bits per heavy atom. The van der Waals surface area contributed by atoms with E-state index < -0.39 is 47.2 Å². The molecule has 4 bridgehead atoms. The molecule has 2 aromatic heterocycles. The Morgan fingerprint density at radius 2 is 1.22 bits per heavy atom. The van der Waals surface area contributed by atoms with Crippen LogP contribution in [0.5, 0.6) is 0 Å². The van der Waals surface area contributed by atoms with Crippen LogP contribution in [0.2, 0.25) is 0 Å². The van der Waals surface area contributed by atoms with Gasteiger partial charge in [-0.15, -0.1) is 22.7 Å². The maximum atomic E-state index is 13.3. The van der Waals surface area contributed by atoms with Crippen molar-refractivity contribution in [2.24, 2.45) is 34.5 Å². The van der Waals surface area contributed by atoms with E-state index in [1.54, 1.807) is 22.9 Å². The predicted octanol–water partition coefficient (Wildman–Crippen LogP) is 9.82. The first-order valence-electron chi connectivity index (χ1n) is 19.2. The third kappa shape index (κ3) is 11.2. The number of aliphatic hydroxyl groups is 2. The van der Waals surface area contributed by atoms with E-state index >= 15 is 0 Å². The summed E-state index contributed by atoms with van der Waals surface area (Å²) in [4.78, 5) is 35.7. The van der Waals surface area contributed by atoms with Crippen molar-refractivity contribution in [2.75, 3.05) is 0 Å². The first-order valence-corrected chi connectivity index (χ1v) is 20.9. The molecule has 0 aromatic carbocycles. The molecule has 0 saturated heterocycles. The Labute approximate surface area is 328 Å². The highest BCUT2D eigenvalue weighted by Crippen LogP contribution is 2.42. The van der Waals surface area contributed by atoms with Crippen molar-refractivity contribution in [1.29, 1.82) is 0 Å². The van der Waals surface area contributed by atoms with Crippen LogP contribution in [0.4, 0.5) is 0 Å². The van der Waals surface area contributed by atoms with Crippen molar-refractivity contribution in [3.05, 3.63) is 105 Å². The largest absolute Gasteiger partial charge is 0.457 e. The van der Waals surface area contributed by atoms with Gasteiger partial charge in [0.2, 0.25) is 0 Å². The van der Waals surface area contributed by atoms with Gasteiger partial charge < -0.3 is 19.7 Å². The van der Waals surface area contributed by atoms with Crippen LogP contribution in [0.3, 0.4) is 0 Å². The van der Waals surface area contributed by atoms with Gasteiger partial charge in [0.15, 0.2) is 11.4 Å². The summed E-state index contributed by atoms with van der Waals surface area (Å²) in [7, 11) is 0. The molecule has 0 unspecified atom stereocenters. The molecule has 2 fully saturated rings. The summed E-state index contributed by atoms with van der Waals surface area (Å²) in [6.45, 7) is 11.7. The van der Waals surface area contributed by atoms with Crippen LogP contribution in [0, 0.1) is 34.5 Å². The van der Waals surface area contributed by atoms with Gasteiger partial charge in [-0.2, -0.15) is 0 Å². The summed E-state index contributed by atoms with van der Waals surface area (Å²) >= 11 is 2.77. The van der Waals surface area contributed by atoms with Crippen molar-refractivity contribution in [3.63, 3.8) is 0 Å². The molecule has 8 nitrogen and oxygen atoms in total. The van der Waals surface area contributed by atoms with Crippen LogP contribution >= 0.6 is 22.7 Å². The molecule has 0 spiro atoms. The molecule has 3 heterocycles. The molecule has 0 amide bonds. The van der Waals surface area contributed by atoms with Crippen molar-refractivity contribution in [2.45, 2.75) is 104 Å². The maximum Gasteiger partial charge on any atom is 0.358 e. The highest BCUT2D eigenvalue weighted by molar-refractivity contribution is 7.11. The second-order valence-corrected chi connectivity index (χ2v) is 17.6. The molecule has 54 heavy (non-hydrogen) atoms. The van der Waals surface area contributed by atoms with Crippen molar-refractivity contribution < 1.29 is 29.3 Å². The standard InChI is InChI=1S/C44H56N2O6S2/c1-7-15-35(47)43(3,4)37-21-13-19-31-25-29(31)17-9-12-24-40-46-34(28-54-40)42(50)52-38(44(5,6)36(48)16-8-2)22-14-20-32-26-30(32)18-10-11-23-39-45-33(27-53-39)41(49)51-37/h7,9-15,17-20,23-24,27-32,35-38,47-48H,8,16,21-22,25-26H2,1-6H3/b15-7+,17-9+,18-10+,19-13-,20-14-,23-11-,24-12-/t29-,30-,31+,32+,35+,36+,37+,38+/m1/s1. The molecule has 8 atom stereocenters. The number of carbonyl (C=O) groups is 2. The number of nitrogens with zero attached hydrogens (tertiary/aromatic N) is 2. The number of aliphatic hydroxyl groups excluding tert-OH is 2. The van der Waals surface area contributed by atoms with Crippen LogP contribution in [0.25, 0.3) is 12.2 Å². The minimum atomic E-state index is -0.796. The van der Waals surface area contributed by atoms with Gasteiger partial charge in [0.1, 0.15) is 22.2 Å². The smallest absolute Gasteiger partial charge is 0.358 e. The van der Waals surface area contributed by atoms with Gasteiger partial charge in [0, 0.05) is 34.4 Å². The van der Waals surface area contributed by atoms with Gasteiger partial charge in [0.05, 0.1) is 12.2 Å². The second kappa shape index (κ2) is 18.8. The number of aromatic nitrogens is 2. The average Bonchev–Trinajstić information content (AvgIpc) is 3.93. The lowest BCUT2D eigenvalue weighted by molar-refractivity contribution is -0.0636. The van der Waals surface area contributed by atoms with Crippen molar-refractivity contribution in [1.82, 2.24) is 9.97 Å². The summed E-state index contributed by atoms with van der Waals surface area (Å²) in [5.74, 6) is 0.595. The molecule has 290 valence electrons. The Bertz CT molecular complexity index is 1790. The van der Waals surface area contributed by atoms with Crippen molar-refractivity contribution >= 4 is 46.8 Å². The molecule has 2 N–H and O–H groups in total. The lowest BCUT2D eigenvalue weighted by atomic mass is 9.77. The first-order chi connectivity index (χ1) is 25.8. The highest BCUT2D eigenvalue weighted by Gasteiger charge is 2.40. The number of esters is 2. The molecule has 0 radical (unpaired) electrons. The Kier molecular flexibility index (Phi) is 14.4. The van der Waals surface area contributed by atoms with Crippen LogP contribution in [-0.2, 0) is 9.47 Å². The molecular weight excluding hydrogens is 717 g/mol. The zero-order valence-corrected chi connectivity index (χ0v) is 34.0. The van der Waals surface area contributed by atoms with Crippen molar-refractivity contribution in [3.8, 4) is 0 Å². The quantitative estimate of drug-likeness (QED) is 0.211. The fourth-order valence-electron chi connectivity index (χ4n) is 6.58. The average molecular weight is 773 g/mol. The lowest BCUT2D eigenvalue weighted by Crippen LogP contribution is -2.43. The summed E-state index contributed by atoms with van der Waals surface area (Å²) in [6, 6.07) is 0. The number of ether oxygens (including phenoxy) is 2. The van der Waals surface area contributed by atoms with Gasteiger partial charge in [-0.1, -0.05) is 114 Å². The van der Waals surface area contributed by atoms with Gasteiger partial charge in [-0.25, -0.2) is 19.6 Å². The predicted molar refractivity (Wildman–Crippen MR) is 219 cm³/mol. The molecule has 3 aliphatic rings. The van der Waals surface area contributed by atoms with E-state index in [1.165, 1.54) is 22.7 Å². The van der Waals surface area contributed by atoms with Crippen LogP contribution in [0.15, 0.2) is 83.7 Å². The number of hydrogen-bond donors (Lipinski definition) is 2. The van der Waals surface area contributed by atoms with E-state index in [0.29, 0.717) is 52.9 Å². The van der Waals surface area contributed by atoms with Gasteiger partial charge >= 0.3 is 11.9 Å². The van der Waals surface area contributed by atoms with Gasteiger partial charge in [-0.3, -0.25) is 0 Å². The minimum absolute atomic E-state index is 0.254. The van der Waals surface area contributed by atoms with Gasteiger partial charge in [0.25, 0.3) is 0 Å². The molecule has 5 rings (SSSR count). The fraction of sp³-hybridized carbons (Fsp3) is 0.500. The number of thiazole rings is 2. The normalized spacial score (nSPS) is 30.4. The van der Waals surface area contributed by atoms with E-state index in [9.17, 15) is 19.8 Å². The Balaban J connectivity index is 1.35. The summed E-state index contributed by atoms with van der Waals surface area (Å²) < 4.78 is 12.1. The number of allylic oxidation sites excluding steroid dienone is 9. The number of carbonyl (C=O) groups excluding carboxylic acids is 2. The zero-order valence-electron chi connectivity index (χ0n) is 32.3. The van der Waals surface area contributed by atoms with Crippen LogP contribution < -0.4 is 0 Å². The van der Waals surface area contributed by atoms with E-state index in [0.717, 1.165) is 19.3 Å². The first kappa shape index (κ1) is 41.5. The second-order valence-electron chi connectivity index (χ2n) is 15.8. The van der Waals surface area contributed by atoms with E-state index in [-0.39, 0.29) is 11.4 Å². The number of hydrogen-bond acceptors (Lipinski definition) is 10. The Morgan fingerprint density at radius 1 is 0.759 bits per heavy atom. The van der Waals surface area contributed by atoms with E-state index in [1.807, 2.05) is 78.0 Å². The maximum absolute atomic E-state index is 13.3. The molecule has 1 aliphatic heterocycles. The molecule has 2 aliphatic carbocycles. The summed E-state index contributed by atoms with van der Waals surface area (Å²) in [6.07, 6.45) is 30.0. The fourth-order valence-corrected chi connectivity index (χ4v) is 7.96. The van der Waals surface area contributed by atoms with Crippen LogP contribution in [0.1, 0.15) is 111 Å². The topological polar surface area (TPSA) is 119 Å². The number of fused-ring (bicyclic) bond motifs is 6. The summed E-state index contributed by atoms with van der Waals surface area (Å²) in [5, 5.41) is 26.8. The highest BCUT2D eigenvalue weighted by atomic mass is 32.1. The number of rotatable bonds is 7. The third-order valence-corrected chi connectivity index (χ3v) is 12.5.